The average molecular weight is 218 g/mol. The van der Waals surface area contributed by atoms with E-state index in [1.54, 1.807) is 7.11 Å². The topological polar surface area (TPSA) is 38.7 Å². The molecule has 3 heteroatoms. The summed E-state index contributed by atoms with van der Waals surface area (Å²) in [7, 11) is 1.57. The zero-order chi connectivity index (χ0) is 11.4. The Morgan fingerprint density at radius 3 is 2.44 bits per heavy atom. The van der Waals surface area contributed by atoms with Crippen molar-refractivity contribution < 1.29 is 14.6 Å². The zero-order valence-electron chi connectivity index (χ0n) is 9.14. The lowest BCUT2D eigenvalue weighted by Gasteiger charge is -2.10. The third kappa shape index (κ3) is 2.15. The maximum atomic E-state index is 9.26. The Labute approximate surface area is 94.2 Å². The fourth-order valence-corrected chi connectivity index (χ4v) is 1.65. The smallest absolute Gasteiger partial charge is 0.188 e. The van der Waals surface area contributed by atoms with E-state index in [1.165, 1.54) is 0 Å². The van der Waals surface area contributed by atoms with Gasteiger partial charge < -0.3 is 14.6 Å². The van der Waals surface area contributed by atoms with Gasteiger partial charge in [0, 0.05) is 12.7 Å². The molecule has 0 unspecified atom stereocenters. The molecule has 0 aromatic heterocycles. The van der Waals surface area contributed by atoms with Gasteiger partial charge >= 0.3 is 0 Å². The van der Waals surface area contributed by atoms with E-state index in [2.05, 4.69) is 0 Å². The lowest BCUT2D eigenvalue weighted by molar-refractivity contribution is 0.0496. The summed E-state index contributed by atoms with van der Waals surface area (Å²) in [6.45, 7) is 0.148. The van der Waals surface area contributed by atoms with Gasteiger partial charge in [0.15, 0.2) is 6.79 Å². The minimum Gasteiger partial charge on any atom is -0.467 e. The molecule has 84 valence electrons. The first-order valence-corrected chi connectivity index (χ1v) is 5.09. The summed E-state index contributed by atoms with van der Waals surface area (Å²) >= 11 is 0. The van der Waals surface area contributed by atoms with Crippen LogP contribution in [0.5, 0.6) is 5.75 Å². The van der Waals surface area contributed by atoms with E-state index in [4.69, 9.17) is 9.47 Å². The molecule has 0 spiro atoms. The lowest BCUT2D eigenvalue weighted by Crippen LogP contribution is -2.01. The van der Waals surface area contributed by atoms with Gasteiger partial charge in [-0.3, -0.25) is 0 Å². The molecule has 0 aliphatic rings. The molecule has 2 rings (SSSR count). The van der Waals surface area contributed by atoms with Gasteiger partial charge in [-0.2, -0.15) is 0 Å². The van der Waals surface area contributed by atoms with Crippen molar-refractivity contribution in [3.8, 4) is 5.75 Å². The van der Waals surface area contributed by atoms with Crippen LogP contribution in [0, 0.1) is 0 Å². The number of rotatable bonds is 4. The quantitative estimate of drug-likeness (QED) is 0.800. The standard InChI is InChI=1S/C13H14O3/c1-15-9-16-13-7-11-5-3-2-4-10(11)6-12(13)8-14/h2-7,14H,8-9H2,1H3. The molecule has 0 amide bonds. The highest BCUT2D eigenvalue weighted by molar-refractivity contribution is 5.84. The summed E-state index contributed by atoms with van der Waals surface area (Å²) in [5.41, 5.74) is 0.774. The molecule has 0 heterocycles. The van der Waals surface area contributed by atoms with Crippen molar-refractivity contribution in [2.45, 2.75) is 6.61 Å². The summed E-state index contributed by atoms with van der Waals surface area (Å²) in [6, 6.07) is 11.8. The van der Waals surface area contributed by atoms with Crippen LogP contribution < -0.4 is 4.74 Å². The minimum atomic E-state index is -0.0378. The maximum Gasteiger partial charge on any atom is 0.188 e. The highest BCUT2D eigenvalue weighted by Crippen LogP contribution is 2.26. The molecule has 0 atom stereocenters. The third-order valence-corrected chi connectivity index (χ3v) is 2.43. The molecule has 2 aromatic rings. The Balaban J connectivity index is 2.45. The van der Waals surface area contributed by atoms with Gasteiger partial charge in [-0.15, -0.1) is 0 Å². The average Bonchev–Trinajstić information content (AvgIpc) is 2.35. The van der Waals surface area contributed by atoms with Gasteiger partial charge in [0.1, 0.15) is 5.75 Å². The van der Waals surface area contributed by atoms with Gasteiger partial charge in [0.25, 0.3) is 0 Å². The molecule has 0 bridgehead atoms. The second-order valence-corrected chi connectivity index (χ2v) is 3.52. The van der Waals surface area contributed by atoms with E-state index in [0.29, 0.717) is 5.75 Å². The monoisotopic (exact) mass is 218 g/mol. The van der Waals surface area contributed by atoms with Crippen LogP contribution in [0.3, 0.4) is 0 Å². The Kier molecular flexibility index (Phi) is 3.39. The highest BCUT2D eigenvalue weighted by atomic mass is 16.7. The van der Waals surface area contributed by atoms with Crippen molar-refractivity contribution >= 4 is 10.8 Å². The molecule has 0 saturated carbocycles. The molecule has 0 aliphatic carbocycles. The molecule has 16 heavy (non-hydrogen) atoms. The molecule has 1 N–H and O–H groups in total. The van der Waals surface area contributed by atoms with Crippen molar-refractivity contribution in [3.63, 3.8) is 0 Å². The molecule has 0 radical (unpaired) electrons. The molecular weight excluding hydrogens is 204 g/mol. The number of aliphatic hydroxyl groups is 1. The summed E-state index contributed by atoms with van der Waals surface area (Å²) < 4.78 is 10.3. The SMILES string of the molecule is COCOc1cc2ccccc2cc1CO. The van der Waals surface area contributed by atoms with E-state index >= 15 is 0 Å². The second-order valence-electron chi connectivity index (χ2n) is 3.52. The van der Waals surface area contributed by atoms with Gasteiger partial charge in [-0.1, -0.05) is 24.3 Å². The van der Waals surface area contributed by atoms with E-state index in [0.717, 1.165) is 16.3 Å². The normalized spacial score (nSPS) is 10.6. The van der Waals surface area contributed by atoms with Crippen LogP contribution in [-0.4, -0.2) is 19.0 Å². The number of ether oxygens (including phenoxy) is 2. The third-order valence-electron chi connectivity index (χ3n) is 2.43. The van der Waals surface area contributed by atoms with E-state index < -0.39 is 0 Å². The summed E-state index contributed by atoms with van der Waals surface area (Å²) in [4.78, 5) is 0. The van der Waals surface area contributed by atoms with Crippen LogP contribution in [0.4, 0.5) is 0 Å². The maximum absolute atomic E-state index is 9.26. The highest BCUT2D eigenvalue weighted by Gasteiger charge is 2.05. The van der Waals surface area contributed by atoms with Crippen molar-refractivity contribution in [3.05, 3.63) is 42.0 Å². The first kappa shape index (κ1) is 10.9. The molecule has 2 aromatic carbocycles. The van der Waals surface area contributed by atoms with Crippen molar-refractivity contribution in [1.82, 2.24) is 0 Å². The van der Waals surface area contributed by atoms with Gasteiger partial charge in [0.2, 0.25) is 0 Å². The zero-order valence-corrected chi connectivity index (χ0v) is 9.14. The van der Waals surface area contributed by atoms with Crippen LogP contribution in [0.15, 0.2) is 36.4 Å². The summed E-state index contributed by atoms with van der Waals surface area (Å²) in [5.74, 6) is 0.669. The number of fused-ring (bicyclic) bond motifs is 1. The van der Waals surface area contributed by atoms with E-state index in [9.17, 15) is 5.11 Å². The van der Waals surface area contributed by atoms with Crippen molar-refractivity contribution in [1.29, 1.82) is 0 Å². The largest absolute Gasteiger partial charge is 0.467 e. The minimum absolute atomic E-state index is 0.0378. The van der Waals surface area contributed by atoms with Gasteiger partial charge in [-0.25, -0.2) is 0 Å². The summed E-state index contributed by atoms with van der Waals surface area (Å²) in [6.07, 6.45) is 0. The molecule has 0 fully saturated rings. The Hall–Kier alpha value is -1.58. The predicted octanol–water partition coefficient (Wildman–Crippen LogP) is 2.31. The lowest BCUT2D eigenvalue weighted by atomic mass is 10.1. The van der Waals surface area contributed by atoms with E-state index in [-0.39, 0.29) is 13.4 Å². The first-order valence-electron chi connectivity index (χ1n) is 5.09. The van der Waals surface area contributed by atoms with Crippen molar-refractivity contribution in [2.24, 2.45) is 0 Å². The first-order chi connectivity index (χ1) is 7.85. The number of hydrogen-bond acceptors (Lipinski definition) is 3. The fourth-order valence-electron chi connectivity index (χ4n) is 1.65. The van der Waals surface area contributed by atoms with Crippen LogP contribution in [0.1, 0.15) is 5.56 Å². The Bertz CT molecular complexity index is 480. The van der Waals surface area contributed by atoms with Crippen LogP contribution in [-0.2, 0) is 11.3 Å². The van der Waals surface area contributed by atoms with Crippen LogP contribution in [0.2, 0.25) is 0 Å². The number of hydrogen-bond donors (Lipinski definition) is 1. The van der Waals surface area contributed by atoms with Gasteiger partial charge in [0.05, 0.1) is 6.61 Å². The predicted molar refractivity (Wildman–Crippen MR) is 62.4 cm³/mol. The number of methoxy groups -OCH3 is 1. The molecule has 3 nitrogen and oxygen atoms in total. The molecule has 0 saturated heterocycles. The Morgan fingerprint density at radius 1 is 1.12 bits per heavy atom. The van der Waals surface area contributed by atoms with Gasteiger partial charge in [-0.05, 0) is 22.9 Å². The molecule has 0 aliphatic heterocycles. The number of aliphatic hydroxyl groups excluding tert-OH is 1. The fraction of sp³-hybridized carbons (Fsp3) is 0.231. The second kappa shape index (κ2) is 4.96. The van der Waals surface area contributed by atoms with Crippen LogP contribution in [0.25, 0.3) is 10.8 Å². The summed E-state index contributed by atoms with van der Waals surface area (Å²) in [5, 5.41) is 11.4. The van der Waals surface area contributed by atoms with Crippen molar-refractivity contribution in [2.75, 3.05) is 13.9 Å². The molecular formula is C13H14O3. The number of benzene rings is 2. The van der Waals surface area contributed by atoms with Crippen LogP contribution >= 0.6 is 0 Å². The van der Waals surface area contributed by atoms with E-state index in [1.807, 2.05) is 36.4 Å². The Morgan fingerprint density at radius 2 is 1.81 bits per heavy atom.